The predicted molar refractivity (Wildman–Crippen MR) is 78.9 cm³/mol. The van der Waals surface area contributed by atoms with Crippen LogP contribution < -0.4 is 10.2 Å². The molecular formula is C15H22N2O3. The van der Waals surface area contributed by atoms with Crippen molar-refractivity contribution in [3.8, 4) is 0 Å². The molecule has 0 bridgehead atoms. The largest absolute Gasteiger partial charge is 0.480 e. The summed E-state index contributed by atoms with van der Waals surface area (Å²) < 4.78 is 0. The normalized spacial score (nSPS) is 11.8. The third-order valence-electron chi connectivity index (χ3n) is 3.15. The van der Waals surface area contributed by atoms with Crippen molar-refractivity contribution in [1.82, 2.24) is 5.32 Å². The molecule has 5 nitrogen and oxygen atoms in total. The molecule has 0 saturated heterocycles. The number of hydrogen-bond donors (Lipinski definition) is 2. The highest BCUT2D eigenvalue weighted by molar-refractivity contribution is 5.82. The molecule has 1 unspecified atom stereocenters. The number of amides is 1. The molecule has 0 saturated carbocycles. The summed E-state index contributed by atoms with van der Waals surface area (Å²) in [5, 5.41) is 11.6. The Morgan fingerprint density at radius 1 is 1.30 bits per heavy atom. The molecule has 5 heteroatoms. The number of nitrogens with zero attached hydrogens (tertiary/aromatic N) is 1. The van der Waals surface area contributed by atoms with Crippen LogP contribution in [0.1, 0.15) is 26.3 Å². The van der Waals surface area contributed by atoms with E-state index in [-0.39, 0.29) is 12.3 Å². The minimum atomic E-state index is -1.02. The Morgan fingerprint density at radius 3 is 2.45 bits per heavy atom. The van der Waals surface area contributed by atoms with Crippen LogP contribution in [0.25, 0.3) is 0 Å². The molecule has 1 amide bonds. The van der Waals surface area contributed by atoms with E-state index in [9.17, 15) is 9.59 Å². The molecule has 1 rings (SSSR count). The van der Waals surface area contributed by atoms with Gasteiger partial charge in [-0.2, -0.15) is 0 Å². The summed E-state index contributed by atoms with van der Waals surface area (Å²) >= 11 is 0. The lowest BCUT2D eigenvalue weighted by atomic mass is 10.0. The van der Waals surface area contributed by atoms with Gasteiger partial charge in [-0.3, -0.25) is 4.79 Å². The van der Waals surface area contributed by atoms with Crippen molar-refractivity contribution in [3.05, 3.63) is 29.8 Å². The summed E-state index contributed by atoms with van der Waals surface area (Å²) in [4.78, 5) is 24.4. The molecule has 0 aliphatic rings. The van der Waals surface area contributed by atoms with Gasteiger partial charge < -0.3 is 15.3 Å². The fourth-order valence-electron chi connectivity index (χ4n) is 2.15. The van der Waals surface area contributed by atoms with E-state index in [0.717, 1.165) is 24.3 Å². The maximum absolute atomic E-state index is 11.1. The Labute approximate surface area is 119 Å². The fourth-order valence-corrected chi connectivity index (χ4v) is 2.15. The summed E-state index contributed by atoms with van der Waals surface area (Å²) in [6.07, 6.45) is 0.282. The quantitative estimate of drug-likeness (QED) is 0.796. The van der Waals surface area contributed by atoms with Crippen LogP contribution in [0.3, 0.4) is 0 Å². The zero-order chi connectivity index (χ0) is 15.1. The number of aliphatic carboxylic acids is 1. The van der Waals surface area contributed by atoms with Crippen molar-refractivity contribution < 1.29 is 14.7 Å². The first-order valence-electron chi connectivity index (χ1n) is 6.81. The lowest BCUT2D eigenvalue weighted by Crippen LogP contribution is -2.41. The molecular weight excluding hydrogens is 256 g/mol. The maximum atomic E-state index is 11.1. The Balaban J connectivity index is 2.88. The lowest BCUT2D eigenvalue weighted by molar-refractivity contribution is -0.141. The molecule has 1 atom stereocenters. The van der Waals surface area contributed by atoms with Crippen LogP contribution in [0.5, 0.6) is 0 Å². The average molecular weight is 278 g/mol. The third kappa shape index (κ3) is 4.57. The lowest BCUT2D eigenvalue weighted by Gasteiger charge is -2.22. The van der Waals surface area contributed by atoms with Gasteiger partial charge in [0, 0.05) is 32.1 Å². The minimum Gasteiger partial charge on any atom is -0.480 e. The molecule has 20 heavy (non-hydrogen) atoms. The highest BCUT2D eigenvalue weighted by Gasteiger charge is 2.19. The molecule has 0 heterocycles. The molecule has 1 aromatic rings. The van der Waals surface area contributed by atoms with Gasteiger partial charge >= 0.3 is 5.97 Å². The zero-order valence-electron chi connectivity index (χ0n) is 12.2. The van der Waals surface area contributed by atoms with Crippen molar-refractivity contribution in [2.75, 3.05) is 18.0 Å². The SMILES string of the molecule is CCN(CC)c1cccc(CC(NC(C)=O)C(=O)O)c1. The van der Waals surface area contributed by atoms with Gasteiger partial charge in [0.2, 0.25) is 5.91 Å². The number of benzene rings is 1. The first-order valence-corrected chi connectivity index (χ1v) is 6.81. The number of nitrogens with one attached hydrogen (secondary N) is 1. The minimum absolute atomic E-state index is 0.282. The Morgan fingerprint density at radius 2 is 1.95 bits per heavy atom. The van der Waals surface area contributed by atoms with E-state index >= 15 is 0 Å². The highest BCUT2D eigenvalue weighted by atomic mass is 16.4. The summed E-state index contributed by atoms with van der Waals surface area (Å²) in [5.41, 5.74) is 1.97. The van der Waals surface area contributed by atoms with Crippen LogP contribution in [-0.4, -0.2) is 36.1 Å². The Hall–Kier alpha value is -2.04. The second-order valence-corrected chi connectivity index (χ2v) is 4.64. The molecule has 0 aliphatic carbocycles. The summed E-state index contributed by atoms with van der Waals surface area (Å²) in [6, 6.07) is 6.88. The highest BCUT2D eigenvalue weighted by Crippen LogP contribution is 2.17. The Kier molecular flexibility index (Phi) is 6.03. The first-order chi connectivity index (χ1) is 9.47. The monoisotopic (exact) mass is 278 g/mol. The van der Waals surface area contributed by atoms with E-state index in [1.165, 1.54) is 6.92 Å². The number of rotatable bonds is 7. The average Bonchev–Trinajstić information content (AvgIpc) is 2.39. The number of carboxylic acids is 1. The van der Waals surface area contributed by atoms with Crippen LogP contribution in [0, 0.1) is 0 Å². The number of anilines is 1. The summed E-state index contributed by atoms with van der Waals surface area (Å²) in [5.74, 6) is -1.36. The van der Waals surface area contributed by atoms with Crippen LogP contribution in [-0.2, 0) is 16.0 Å². The van der Waals surface area contributed by atoms with Crippen molar-refractivity contribution in [1.29, 1.82) is 0 Å². The molecule has 2 N–H and O–H groups in total. The molecule has 0 spiro atoms. The first kappa shape index (κ1) is 16.0. The van der Waals surface area contributed by atoms with Gasteiger partial charge in [0.1, 0.15) is 6.04 Å². The van der Waals surface area contributed by atoms with Gasteiger partial charge in [-0.05, 0) is 31.5 Å². The molecule has 0 radical (unpaired) electrons. The van der Waals surface area contributed by atoms with Crippen LogP contribution in [0.15, 0.2) is 24.3 Å². The maximum Gasteiger partial charge on any atom is 0.326 e. The van der Waals surface area contributed by atoms with Gasteiger partial charge in [0.15, 0.2) is 0 Å². The molecule has 1 aromatic carbocycles. The smallest absolute Gasteiger partial charge is 0.326 e. The zero-order valence-corrected chi connectivity index (χ0v) is 12.2. The van der Waals surface area contributed by atoms with Crippen molar-refractivity contribution >= 4 is 17.6 Å². The third-order valence-corrected chi connectivity index (χ3v) is 3.15. The topological polar surface area (TPSA) is 69.6 Å². The van der Waals surface area contributed by atoms with Gasteiger partial charge in [-0.1, -0.05) is 12.1 Å². The Bertz CT molecular complexity index is 470. The van der Waals surface area contributed by atoms with Crippen LogP contribution in [0.4, 0.5) is 5.69 Å². The molecule has 0 fully saturated rings. The number of hydrogen-bond acceptors (Lipinski definition) is 3. The number of carboxylic acid groups (broad SMARTS) is 1. The van der Waals surface area contributed by atoms with Gasteiger partial charge in [0.25, 0.3) is 0 Å². The van der Waals surface area contributed by atoms with Gasteiger partial charge in [-0.15, -0.1) is 0 Å². The number of carbonyl (C=O) groups is 2. The van der Waals surface area contributed by atoms with E-state index in [2.05, 4.69) is 24.1 Å². The van der Waals surface area contributed by atoms with Crippen molar-refractivity contribution in [2.24, 2.45) is 0 Å². The number of carbonyl (C=O) groups excluding carboxylic acids is 1. The van der Waals surface area contributed by atoms with Gasteiger partial charge in [-0.25, -0.2) is 4.79 Å². The van der Waals surface area contributed by atoms with E-state index in [0.29, 0.717) is 0 Å². The van der Waals surface area contributed by atoms with E-state index in [1.54, 1.807) is 0 Å². The van der Waals surface area contributed by atoms with E-state index < -0.39 is 12.0 Å². The van der Waals surface area contributed by atoms with Crippen LogP contribution in [0.2, 0.25) is 0 Å². The predicted octanol–water partition coefficient (Wildman–Crippen LogP) is 1.66. The van der Waals surface area contributed by atoms with Crippen molar-refractivity contribution in [2.45, 2.75) is 33.2 Å². The summed E-state index contributed by atoms with van der Waals surface area (Å²) in [7, 11) is 0. The molecule has 0 aromatic heterocycles. The fraction of sp³-hybridized carbons (Fsp3) is 0.467. The second kappa shape index (κ2) is 7.53. The van der Waals surface area contributed by atoms with Crippen molar-refractivity contribution in [3.63, 3.8) is 0 Å². The van der Waals surface area contributed by atoms with E-state index in [4.69, 9.17) is 5.11 Å². The molecule has 0 aliphatic heterocycles. The van der Waals surface area contributed by atoms with E-state index in [1.807, 2.05) is 24.3 Å². The summed E-state index contributed by atoms with van der Waals surface area (Å²) in [6.45, 7) is 7.27. The molecule has 110 valence electrons. The van der Waals surface area contributed by atoms with Gasteiger partial charge in [0.05, 0.1) is 0 Å². The standard InChI is InChI=1S/C15H22N2O3/c1-4-17(5-2)13-8-6-7-12(9-13)10-14(15(19)20)16-11(3)18/h6-9,14H,4-5,10H2,1-3H3,(H,16,18)(H,19,20). The van der Waals surface area contributed by atoms with Crippen LogP contribution >= 0.6 is 0 Å². The second-order valence-electron chi connectivity index (χ2n) is 4.64.